The maximum atomic E-state index is 12.7. The van der Waals surface area contributed by atoms with Crippen molar-refractivity contribution >= 4 is 11.8 Å². The number of hydrogen-bond acceptors (Lipinski definition) is 3. The lowest BCUT2D eigenvalue weighted by atomic mass is 9.80. The van der Waals surface area contributed by atoms with Crippen LogP contribution < -0.4 is 5.32 Å². The van der Waals surface area contributed by atoms with Gasteiger partial charge in [-0.2, -0.15) is 0 Å². The molecule has 1 saturated heterocycles. The summed E-state index contributed by atoms with van der Waals surface area (Å²) in [6.45, 7) is 3.75. The van der Waals surface area contributed by atoms with Gasteiger partial charge in [0, 0.05) is 25.6 Å². The minimum Gasteiger partial charge on any atom is -0.378 e. The Balaban J connectivity index is 1.73. The first-order valence-corrected chi connectivity index (χ1v) is 7.95. The van der Waals surface area contributed by atoms with Crippen LogP contribution in [0.25, 0.3) is 0 Å². The SMILES string of the molecule is CCOC1CC(C(=O)N2CCNC(=O)C2c2ccccc2)C1. The van der Waals surface area contributed by atoms with E-state index in [1.54, 1.807) is 4.90 Å². The van der Waals surface area contributed by atoms with Gasteiger partial charge in [0.05, 0.1) is 6.10 Å². The number of amides is 2. The van der Waals surface area contributed by atoms with Crippen LogP contribution in [-0.2, 0) is 14.3 Å². The Hall–Kier alpha value is -1.88. The van der Waals surface area contributed by atoms with E-state index < -0.39 is 6.04 Å². The highest BCUT2D eigenvalue weighted by Gasteiger charge is 2.42. The summed E-state index contributed by atoms with van der Waals surface area (Å²) in [6.07, 6.45) is 1.74. The van der Waals surface area contributed by atoms with E-state index in [1.807, 2.05) is 37.3 Å². The fourth-order valence-electron chi connectivity index (χ4n) is 3.24. The maximum absolute atomic E-state index is 12.7. The molecular formula is C17H22N2O3. The van der Waals surface area contributed by atoms with Gasteiger partial charge in [-0.3, -0.25) is 9.59 Å². The zero-order valence-corrected chi connectivity index (χ0v) is 12.8. The van der Waals surface area contributed by atoms with Crippen molar-refractivity contribution in [3.05, 3.63) is 35.9 Å². The lowest BCUT2D eigenvalue weighted by Gasteiger charge is -2.41. The first-order valence-electron chi connectivity index (χ1n) is 7.95. The highest BCUT2D eigenvalue weighted by Crippen LogP contribution is 2.34. The second-order valence-corrected chi connectivity index (χ2v) is 5.88. The van der Waals surface area contributed by atoms with Gasteiger partial charge in [0.15, 0.2) is 0 Å². The predicted octanol–water partition coefficient (Wildman–Crippen LogP) is 1.50. The number of nitrogens with one attached hydrogen (secondary N) is 1. The third-order valence-corrected chi connectivity index (χ3v) is 4.46. The smallest absolute Gasteiger partial charge is 0.247 e. The van der Waals surface area contributed by atoms with Crippen molar-refractivity contribution in [3.63, 3.8) is 0 Å². The minimum atomic E-state index is -0.506. The van der Waals surface area contributed by atoms with Crippen LogP contribution in [0.1, 0.15) is 31.4 Å². The molecule has 1 heterocycles. The molecule has 5 heteroatoms. The van der Waals surface area contributed by atoms with E-state index in [0.29, 0.717) is 19.7 Å². The standard InChI is InChI=1S/C17H22N2O3/c1-2-22-14-10-13(11-14)17(21)19-9-8-18-16(20)15(19)12-6-4-3-5-7-12/h3-7,13-15H,2,8-11H2,1H3,(H,18,20). The summed E-state index contributed by atoms with van der Waals surface area (Å²) < 4.78 is 5.53. The first-order chi connectivity index (χ1) is 10.7. The average Bonchev–Trinajstić information content (AvgIpc) is 2.50. The van der Waals surface area contributed by atoms with E-state index in [-0.39, 0.29) is 23.8 Å². The second-order valence-electron chi connectivity index (χ2n) is 5.88. The van der Waals surface area contributed by atoms with Crippen LogP contribution in [0.4, 0.5) is 0 Å². The Kier molecular flexibility index (Phi) is 4.43. The normalized spacial score (nSPS) is 28.0. The van der Waals surface area contributed by atoms with E-state index in [1.165, 1.54) is 0 Å². The molecule has 1 unspecified atom stereocenters. The van der Waals surface area contributed by atoms with Crippen molar-refractivity contribution < 1.29 is 14.3 Å². The van der Waals surface area contributed by atoms with Crippen LogP contribution in [-0.4, -0.2) is 42.5 Å². The molecule has 2 aliphatic rings. The summed E-state index contributed by atoms with van der Waals surface area (Å²) in [6, 6.07) is 9.00. The Morgan fingerprint density at radius 3 is 2.73 bits per heavy atom. The molecule has 1 aliphatic carbocycles. The van der Waals surface area contributed by atoms with Gasteiger partial charge in [-0.1, -0.05) is 30.3 Å². The number of piperazine rings is 1. The molecule has 3 rings (SSSR count). The zero-order valence-electron chi connectivity index (χ0n) is 12.8. The van der Waals surface area contributed by atoms with Gasteiger partial charge >= 0.3 is 0 Å². The molecule has 2 amide bonds. The van der Waals surface area contributed by atoms with Gasteiger partial charge < -0.3 is 15.0 Å². The van der Waals surface area contributed by atoms with Crippen molar-refractivity contribution in [1.29, 1.82) is 0 Å². The molecule has 118 valence electrons. The number of benzene rings is 1. The predicted molar refractivity (Wildman–Crippen MR) is 82.0 cm³/mol. The fraction of sp³-hybridized carbons (Fsp3) is 0.529. The summed E-state index contributed by atoms with van der Waals surface area (Å²) in [5.74, 6) is -0.0141. The summed E-state index contributed by atoms with van der Waals surface area (Å²) in [5, 5.41) is 2.86. The van der Waals surface area contributed by atoms with Crippen LogP contribution in [0.5, 0.6) is 0 Å². The van der Waals surface area contributed by atoms with E-state index in [2.05, 4.69) is 5.32 Å². The summed E-state index contributed by atoms with van der Waals surface area (Å²) >= 11 is 0. The first kappa shape index (κ1) is 15.0. The highest BCUT2D eigenvalue weighted by atomic mass is 16.5. The van der Waals surface area contributed by atoms with Gasteiger partial charge in [0.2, 0.25) is 11.8 Å². The molecule has 0 bridgehead atoms. The van der Waals surface area contributed by atoms with Crippen LogP contribution in [0.3, 0.4) is 0 Å². The van der Waals surface area contributed by atoms with Crippen molar-refractivity contribution in [2.24, 2.45) is 5.92 Å². The number of carbonyl (C=O) groups is 2. The highest BCUT2D eigenvalue weighted by molar-refractivity contribution is 5.90. The second kappa shape index (κ2) is 6.48. The van der Waals surface area contributed by atoms with E-state index >= 15 is 0 Å². The molecule has 0 radical (unpaired) electrons. The maximum Gasteiger partial charge on any atom is 0.247 e. The van der Waals surface area contributed by atoms with Crippen molar-refractivity contribution in [1.82, 2.24) is 10.2 Å². The largest absolute Gasteiger partial charge is 0.378 e. The molecule has 1 aliphatic heterocycles. The van der Waals surface area contributed by atoms with E-state index in [4.69, 9.17) is 4.74 Å². The van der Waals surface area contributed by atoms with E-state index in [0.717, 1.165) is 18.4 Å². The Labute approximate surface area is 130 Å². The molecule has 22 heavy (non-hydrogen) atoms. The number of nitrogens with zero attached hydrogens (tertiary/aromatic N) is 1. The molecule has 1 aromatic rings. The van der Waals surface area contributed by atoms with Crippen LogP contribution in [0, 0.1) is 5.92 Å². The molecule has 5 nitrogen and oxygen atoms in total. The number of hydrogen-bond donors (Lipinski definition) is 1. The van der Waals surface area contributed by atoms with E-state index in [9.17, 15) is 9.59 Å². The molecule has 1 saturated carbocycles. The van der Waals surface area contributed by atoms with Gasteiger partial charge in [0.25, 0.3) is 0 Å². The van der Waals surface area contributed by atoms with Gasteiger partial charge in [-0.05, 0) is 25.3 Å². The fourth-order valence-corrected chi connectivity index (χ4v) is 3.24. The molecule has 0 aromatic heterocycles. The summed E-state index contributed by atoms with van der Waals surface area (Å²) in [7, 11) is 0. The third kappa shape index (κ3) is 2.86. The van der Waals surface area contributed by atoms with Crippen LogP contribution in [0.2, 0.25) is 0 Å². The van der Waals surface area contributed by atoms with Gasteiger partial charge in [0.1, 0.15) is 6.04 Å². The minimum absolute atomic E-state index is 0.00587. The van der Waals surface area contributed by atoms with Crippen molar-refractivity contribution in [2.45, 2.75) is 31.9 Å². The molecule has 0 spiro atoms. The molecular weight excluding hydrogens is 280 g/mol. The molecule has 1 N–H and O–H groups in total. The van der Waals surface area contributed by atoms with Gasteiger partial charge in [-0.15, -0.1) is 0 Å². The quantitative estimate of drug-likeness (QED) is 0.917. The molecule has 1 aromatic carbocycles. The van der Waals surface area contributed by atoms with Crippen LogP contribution >= 0.6 is 0 Å². The lowest BCUT2D eigenvalue weighted by Crippen LogP contribution is -2.55. The topological polar surface area (TPSA) is 58.6 Å². The molecule has 1 atom stereocenters. The Bertz CT molecular complexity index is 540. The number of carbonyl (C=O) groups excluding carboxylic acids is 2. The molecule has 2 fully saturated rings. The van der Waals surface area contributed by atoms with Crippen molar-refractivity contribution in [2.75, 3.05) is 19.7 Å². The number of ether oxygens (including phenoxy) is 1. The number of rotatable bonds is 4. The van der Waals surface area contributed by atoms with Crippen LogP contribution in [0.15, 0.2) is 30.3 Å². The summed E-state index contributed by atoms with van der Waals surface area (Å²) in [4.78, 5) is 26.8. The summed E-state index contributed by atoms with van der Waals surface area (Å²) in [5.41, 5.74) is 0.869. The van der Waals surface area contributed by atoms with Crippen molar-refractivity contribution in [3.8, 4) is 0 Å². The third-order valence-electron chi connectivity index (χ3n) is 4.46. The zero-order chi connectivity index (χ0) is 15.5. The monoisotopic (exact) mass is 302 g/mol. The van der Waals surface area contributed by atoms with Gasteiger partial charge in [-0.25, -0.2) is 0 Å². The Morgan fingerprint density at radius 1 is 1.32 bits per heavy atom. The lowest BCUT2D eigenvalue weighted by molar-refractivity contribution is -0.153. The average molecular weight is 302 g/mol. The Morgan fingerprint density at radius 2 is 2.05 bits per heavy atom.